The van der Waals surface area contributed by atoms with E-state index in [2.05, 4.69) is 23.6 Å². The van der Waals surface area contributed by atoms with Gasteiger partial charge in [0.1, 0.15) is 0 Å². The van der Waals surface area contributed by atoms with Gasteiger partial charge < -0.3 is 10.6 Å². The fourth-order valence-electron chi connectivity index (χ4n) is 2.23. The van der Waals surface area contributed by atoms with Crippen LogP contribution in [0.2, 0.25) is 0 Å². The molecule has 4 nitrogen and oxygen atoms in total. The Morgan fingerprint density at radius 3 is 2.67 bits per heavy atom. The van der Waals surface area contributed by atoms with E-state index in [9.17, 15) is 4.79 Å². The number of nitrogens with zero attached hydrogens (tertiary/aromatic N) is 2. The van der Waals surface area contributed by atoms with Gasteiger partial charge in [0, 0.05) is 13.1 Å². The second-order valence-corrected chi connectivity index (χ2v) is 4.12. The molecule has 1 fully saturated rings. The Kier molecular flexibility index (Phi) is 5.05. The number of hydrogen-bond acceptors (Lipinski definition) is 3. The quantitative estimate of drug-likeness (QED) is 0.689. The number of nitrogens with two attached hydrogens (primary N) is 1. The molecule has 1 atom stereocenters. The first kappa shape index (κ1) is 12.5. The van der Waals surface area contributed by atoms with Crippen LogP contribution < -0.4 is 5.73 Å². The monoisotopic (exact) mass is 213 g/mol. The fraction of sp³-hybridized carbons (Fsp3) is 0.909. The molecule has 1 aliphatic rings. The first-order valence-electron chi connectivity index (χ1n) is 5.94. The molecule has 1 aliphatic heterocycles. The predicted molar refractivity (Wildman–Crippen MR) is 61.6 cm³/mol. The maximum atomic E-state index is 11.2. The zero-order valence-electron chi connectivity index (χ0n) is 9.91. The molecule has 0 bridgehead atoms. The molecular formula is C11H23N3O. The van der Waals surface area contributed by atoms with E-state index in [4.69, 9.17) is 5.73 Å². The second kappa shape index (κ2) is 6.08. The van der Waals surface area contributed by atoms with E-state index in [0.29, 0.717) is 0 Å². The summed E-state index contributed by atoms with van der Waals surface area (Å²) in [6.07, 6.45) is 2.04. The van der Waals surface area contributed by atoms with Gasteiger partial charge in [-0.2, -0.15) is 0 Å². The summed E-state index contributed by atoms with van der Waals surface area (Å²) in [4.78, 5) is 15.8. The first-order valence-corrected chi connectivity index (χ1v) is 5.94. The second-order valence-electron chi connectivity index (χ2n) is 4.12. The molecular weight excluding hydrogens is 190 g/mol. The predicted octanol–water partition coefficient (Wildman–Crippen LogP) is 0.278. The molecule has 0 aromatic carbocycles. The van der Waals surface area contributed by atoms with Gasteiger partial charge in [-0.25, -0.2) is 0 Å². The number of carbonyl (C=O) groups excluding carboxylic acids is 1. The van der Waals surface area contributed by atoms with Gasteiger partial charge in [0.25, 0.3) is 0 Å². The van der Waals surface area contributed by atoms with Crippen LogP contribution in [0.4, 0.5) is 0 Å². The largest absolute Gasteiger partial charge is 0.368 e. The van der Waals surface area contributed by atoms with Crippen LogP contribution in [-0.4, -0.2) is 54.5 Å². The standard InChI is InChI=1S/C11H23N3O/c1-3-13(4-2)8-9-14-7-5-6-10(14)11(12)15/h10H,3-9H2,1-2H3,(H2,12,15). The number of carbonyl (C=O) groups is 1. The van der Waals surface area contributed by atoms with Crippen LogP contribution in [0.1, 0.15) is 26.7 Å². The van der Waals surface area contributed by atoms with Crippen molar-refractivity contribution in [2.75, 3.05) is 32.7 Å². The maximum Gasteiger partial charge on any atom is 0.234 e. The lowest BCUT2D eigenvalue weighted by Gasteiger charge is -2.25. The highest BCUT2D eigenvalue weighted by Gasteiger charge is 2.28. The summed E-state index contributed by atoms with van der Waals surface area (Å²) in [5.74, 6) is -0.160. The molecule has 0 radical (unpaired) electrons. The molecule has 1 amide bonds. The summed E-state index contributed by atoms with van der Waals surface area (Å²) in [6.45, 7) is 9.51. The number of likely N-dealkylation sites (tertiary alicyclic amines) is 1. The zero-order chi connectivity index (χ0) is 11.3. The molecule has 0 aromatic heterocycles. The van der Waals surface area contributed by atoms with Gasteiger partial charge in [0.2, 0.25) is 5.91 Å². The highest BCUT2D eigenvalue weighted by Crippen LogP contribution is 2.16. The molecule has 4 heteroatoms. The van der Waals surface area contributed by atoms with Crippen LogP contribution in [0.3, 0.4) is 0 Å². The molecule has 1 rings (SSSR count). The minimum atomic E-state index is -0.160. The molecule has 2 N–H and O–H groups in total. The molecule has 88 valence electrons. The average Bonchev–Trinajstić information content (AvgIpc) is 2.67. The summed E-state index contributed by atoms with van der Waals surface area (Å²) in [5, 5.41) is 0. The average molecular weight is 213 g/mol. The molecule has 1 unspecified atom stereocenters. The van der Waals surface area contributed by atoms with Crippen LogP contribution >= 0.6 is 0 Å². The van der Waals surface area contributed by atoms with E-state index >= 15 is 0 Å². The lowest BCUT2D eigenvalue weighted by atomic mass is 10.2. The number of primary amides is 1. The van der Waals surface area contributed by atoms with Crippen molar-refractivity contribution < 1.29 is 4.79 Å². The Balaban J connectivity index is 2.34. The molecule has 15 heavy (non-hydrogen) atoms. The number of hydrogen-bond donors (Lipinski definition) is 1. The Morgan fingerprint density at radius 1 is 1.47 bits per heavy atom. The maximum absolute atomic E-state index is 11.2. The van der Waals surface area contributed by atoms with E-state index in [1.807, 2.05) is 0 Å². The number of likely N-dealkylation sites (N-methyl/N-ethyl adjacent to an activating group) is 1. The third kappa shape index (κ3) is 3.47. The molecule has 1 saturated heterocycles. The zero-order valence-corrected chi connectivity index (χ0v) is 9.91. The third-order valence-electron chi connectivity index (χ3n) is 3.29. The smallest absolute Gasteiger partial charge is 0.234 e. The Bertz CT molecular complexity index is 204. The van der Waals surface area contributed by atoms with Crippen molar-refractivity contribution in [1.29, 1.82) is 0 Å². The van der Waals surface area contributed by atoms with Gasteiger partial charge in [-0.15, -0.1) is 0 Å². The molecule has 0 spiro atoms. The minimum Gasteiger partial charge on any atom is -0.368 e. The van der Waals surface area contributed by atoms with Crippen LogP contribution in [0.25, 0.3) is 0 Å². The Labute approximate surface area is 92.4 Å². The third-order valence-corrected chi connectivity index (χ3v) is 3.29. The summed E-state index contributed by atoms with van der Waals surface area (Å²) in [7, 11) is 0. The lowest BCUT2D eigenvalue weighted by Crippen LogP contribution is -2.43. The van der Waals surface area contributed by atoms with E-state index in [1.165, 1.54) is 0 Å². The van der Waals surface area contributed by atoms with Gasteiger partial charge in [-0.05, 0) is 32.5 Å². The molecule has 0 saturated carbocycles. The number of rotatable bonds is 6. The topological polar surface area (TPSA) is 49.6 Å². The minimum absolute atomic E-state index is 0.0134. The van der Waals surface area contributed by atoms with Crippen molar-refractivity contribution in [3.63, 3.8) is 0 Å². The lowest BCUT2D eigenvalue weighted by molar-refractivity contribution is -0.122. The van der Waals surface area contributed by atoms with Crippen LogP contribution in [0.15, 0.2) is 0 Å². The van der Waals surface area contributed by atoms with Crippen molar-refractivity contribution in [2.24, 2.45) is 5.73 Å². The van der Waals surface area contributed by atoms with Gasteiger partial charge in [-0.3, -0.25) is 9.69 Å². The van der Waals surface area contributed by atoms with Crippen LogP contribution in [0, 0.1) is 0 Å². The van der Waals surface area contributed by atoms with Gasteiger partial charge >= 0.3 is 0 Å². The van der Waals surface area contributed by atoms with Crippen molar-refractivity contribution in [3.8, 4) is 0 Å². The van der Waals surface area contributed by atoms with Crippen molar-refractivity contribution in [3.05, 3.63) is 0 Å². The normalized spacial score (nSPS) is 22.5. The Hall–Kier alpha value is -0.610. The summed E-state index contributed by atoms with van der Waals surface area (Å²) < 4.78 is 0. The first-order chi connectivity index (χ1) is 7.19. The molecule has 1 heterocycles. The van der Waals surface area contributed by atoms with Gasteiger partial charge in [0.05, 0.1) is 6.04 Å². The molecule has 0 aliphatic carbocycles. The van der Waals surface area contributed by atoms with Crippen molar-refractivity contribution >= 4 is 5.91 Å². The van der Waals surface area contributed by atoms with Crippen molar-refractivity contribution in [1.82, 2.24) is 9.80 Å². The van der Waals surface area contributed by atoms with Crippen LogP contribution in [0.5, 0.6) is 0 Å². The summed E-state index contributed by atoms with van der Waals surface area (Å²) >= 11 is 0. The summed E-state index contributed by atoms with van der Waals surface area (Å²) in [6, 6.07) is -0.0134. The highest BCUT2D eigenvalue weighted by atomic mass is 16.1. The van der Waals surface area contributed by atoms with E-state index < -0.39 is 0 Å². The highest BCUT2D eigenvalue weighted by molar-refractivity contribution is 5.80. The SMILES string of the molecule is CCN(CC)CCN1CCCC1C(N)=O. The van der Waals surface area contributed by atoms with E-state index in [-0.39, 0.29) is 11.9 Å². The molecule has 0 aromatic rings. The van der Waals surface area contributed by atoms with Gasteiger partial charge in [-0.1, -0.05) is 13.8 Å². The van der Waals surface area contributed by atoms with Gasteiger partial charge in [0.15, 0.2) is 0 Å². The van der Waals surface area contributed by atoms with Crippen molar-refractivity contribution in [2.45, 2.75) is 32.7 Å². The Morgan fingerprint density at radius 2 is 2.13 bits per heavy atom. The van der Waals surface area contributed by atoms with E-state index in [0.717, 1.165) is 45.6 Å². The summed E-state index contributed by atoms with van der Waals surface area (Å²) in [5.41, 5.74) is 5.37. The van der Waals surface area contributed by atoms with Crippen LogP contribution in [-0.2, 0) is 4.79 Å². The fourth-order valence-corrected chi connectivity index (χ4v) is 2.23. The number of amides is 1. The van der Waals surface area contributed by atoms with E-state index in [1.54, 1.807) is 0 Å².